The van der Waals surface area contributed by atoms with Gasteiger partial charge in [0.25, 0.3) is 0 Å². The summed E-state index contributed by atoms with van der Waals surface area (Å²) in [6.45, 7) is 3.85. The van der Waals surface area contributed by atoms with Crippen LogP contribution in [-0.2, 0) is 4.74 Å². The third kappa shape index (κ3) is 2.32. The molecule has 3 heterocycles. The van der Waals surface area contributed by atoms with Crippen LogP contribution >= 0.6 is 0 Å². The van der Waals surface area contributed by atoms with Crippen molar-refractivity contribution in [2.24, 2.45) is 0 Å². The molecule has 1 aromatic carbocycles. The summed E-state index contributed by atoms with van der Waals surface area (Å²) in [5.41, 5.74) is 5.10. The normalized spacial score (nSPS) is 16.2. The highest BCUT2D eigenvalue weighted by atomic mass is 16.5. The minimum atomic E-state index is 0.588. The van der Waals surface area contributed by atoms with Crippen molar-refractivity contribution in [2.75, 3.05) is 13.2 Å². The lowest BCUT2D eigenvalue weighted by atomic mass is 9.92. The summed E-state index contributed by atoms with van der Waals surface area (Å²) in [6.07, 6.45) is 8.38. The first-order valence-corrected chi connectivity index (χ1v) is 7.93. The molecule has 0 spiro atoms. The number of benzene rings is 1. The molecule has 2 aromatic heterocycles. The molecule has 1 saturated heterocycles. The number of aryl methyl sites for hydroxylation is 1. The van der Waals surface area contributed by atoms with Crippen LogP contribution in [0.4, 0.5) is 0 Å². The van der Waals surface area contributed by atoms with Gasteiger partial charge in [0.1, 0.15) is 0 Å². The Morgan fingerprint density at radius 3 is 2.64 bits per heavy atom. The summed E-state index contributed by atoms with van der Waals surface area (Å²) >= 11 is 0. The third-order valence-corrected chi connectivity index (χ3v) is 4.61. The molecule has 0 atom stereocenters. The zero-order valence-electron chi connectivity index (χ0n) is 12.8. The Bertz CT molecular complexity index is 783. The molecule has 0 radical (unpaired) electrons. The zero-order valence-corrected chi connectivity index (χ0v) is 12.8. The van der Waals surface area contributed by atoms with Gasteiger partial charge in [-0.3, -0.25) is 4.98 Å². The van der Waals surface area contributed by atoms with E-state index in [4.69, 9.17) is 4.74 Å². The largest absolute Gasteiger partial charge is 0.381 e. The second-order valence-corrected chi connectivity index (χ2v) is 6.07. The van der Waals surface area contributed by atoms with Gasteiger partial charge in [0, 0.05) is 36.7 Å². The predicted molar refractivity (Wildman–Crippen MR) is 88.6 cm³/mol. The lowest BCUT2D eigenvalue weighted by molar-refractivity contribution is 0.0856. The first-order valence-electron chi connectivity index (χ1n) is 7.93. The van der Waals surface area contributed by atoms with E-state index in [-0.39, 0.29) is 0 Å². The standard InChI is InChI=1S/C19H20N2O/c1-14-2-4-16(5-3-14)21-13-18(15-7-10-22-11-8-15)17-6-9-20-12-19(17)21/h2-6,9,12-13,15H,7-8,10-11H2,1H3. The van der Waals surface area contributed by atoms with Crippen molar-refractivity contribution in [3.05, 3.63) is 60.0 Å². The van der Waals surface area contributed by atoms with Crippen LogP contribution in [0.15, 0.2) is 48.9 Å². The summed E-state index contributed by atoms with van der Waals surface area (Å²) < 4.78 is 7.79. The van der Waals surface area contributed by atoms with E-state index in [0.717, 1.165) is 26.1 Å². The maximum absolute atomic E-state index is 5.52. The molecule has 3 heteroatoms. The Hall–Kier alpha value is -2.13. The zero-order chi connectivity index (χ0) is 14.9. The van der Waals surface area contributed by atoms with Gasteiger partial charge in [0.2, 0.25) is 0 Å². The molecule has 0 aliphatic carbocycles. The maximum atomic E-state index is 5.52. The molecule has 4 rings (SSSR count). The van der Waals surface area contributed by atoms with Gasteiger partial charge >= 0.3 is 0 Å². The average Bonchev–Trinajstić information content (AvgIpc) is 2.96. The van der Waals surface area contributed by atoms with Crippen LogP contribution in [-0.4, -0.2) is 22.8 Å². The number of ether oxygens (including phenoxy) is 1. The minimum absolute atomic E-state index is 0.588. The molecular formula is C19H20N2O. The molecular weight excluding hydrogens is 272 g/mol. The Morgan fingerprint density at radius 2 is 1.86 bits per heavy atom. The SMILES string of the molecule is Cc1ccc(-n2cc(C3CCOCC3)c3ccncc32)cc1. The van der Waals surface area contributed by atoms with Crippen LogP contribution in [0.3, 0.4) is 0 Å². The Labute approximate surface area is 130 Å². The quantitative estimate of drug-likeness (QED) is 0.707. The number of hydrogen-bond acceptors (Lipinski definition) is 2. The van der Waals surface area contributed by atoms with Gasteiger partial charge in [-0.2, -0.15) is 0 Å². The van der Waals surface area contributed by atoms with Crippen LogP contribution in [0.1, 0.15) is 29.9 Å². The van der Waals surface area contributed by atoms with Gasteiger partial charge in [0.05, 0.1) is 11.7 Å². The monoisotopic (exact) mass is 292 g/mol. The Kier molecular flexibility index (Phi) is 3.43. The van der Waals surface area contributed by atoms with Crippen LogP contribution in [0, 0.1) is 6.92 Å². The van der Waals surface area contributed by atoms with Crippen molar-refractivity contribution in [1.29, 1.82) is 0 Å². The van der Waals surface area contributed by atoms with Crippen molar-refractivity contribution in [3.8, 4) is 5.69 Å². The van der Waals surface area contributed by atoms with E-state index in [1.165, 1.54) is 27.7 Å². The highest BCUT2D eigenvalue weighted by Crippen LogP contribution is 2.34. The summed E-state index contributed by atoms with van der Waals surface area (Å²) in [5, 5.41) is 1.32. The number of nitrogens with zero attached hydrogens (tertiary/aromatic N) is 2. The van der Waals surface area contributed by atoms with Gasteiger partial charge in [-0.05, 0) is 49.4 Å². The Balaban J connectivity index is 1.86. The van der Waals surface area contributed by atoms with E-state index in [0.29, 0.717) is 5.92 Å². The molecule has 0 saturated carbocycles. The van der Waals surface area contributed by atoms with Gasteiger partial charge in [0.15, 0.2) is 0 Å². The van der Waals surface area contributed by atoms with E-state index in [1.807, 2.05) is 12.4 Å². The highest BCUT2D eigenvalue weighted by Gasteiger charge is 2.21. The molecule has 1 aliphatic heterocycles. The molecule has 22 heavy (non-hydrogen) atoms. The van der Waals surface area contributed by atoms with E-state index >= 15 is 0 Å². The van der Waals surface area contributed by atoms with Crippen LogP contribution in [0.25, 0.3) is 16.6 Å². The van der Waals surface area contributed by atoms with Gasteiger partial charge in [-0.25, -0.2) is 0 Å². The Morgan fingerprint density at radius 1 is 1.09 bits per heavy atom. The molecule has 0 unspecified atom stereocenters. The van der Waals surface area contributed by atoms with E-state index in [9.17, 15) is 0 Å². The molecule has 0 bridgehead atoms. The fourth-order valence-corrected chi connectivity index (χ4v) is 3.35. The number of fused-ring (bicyclic) bond motifs is 1. The molecule has 1 aliphatic rings. The third-order valence-electron chi connectivity index (χ3n) is 4.61. The minimum Gasteiger partial charge on any atom is -0.381 e. The van der Waals surface area contributed by atoms with E-state index < -0.39 is 0 Å². The number of pyridine rings is 1. The van der Waals surface area contributed by atoms with Crippen LogP contribution in [0.2, 0.25) is 0 Å². The summed E-state index contributed by atoms with van der Waals surface area (Å²) in [6, 6.07) is 10.8. The first-order chi connectivity index (χ1) is 10.8. The number of rotatable bonds is 2. The lowest BCUT2D eigenvalue weighted by Gasteiger charge is -2.21. The number of aromatic nitrogens is 2. The van der Waals surface area contributed by atoms with Gasteiger partial charge < -0.3 is 9.30 Å². The topological polar surface area (TPSA) is 27.1 Å². The summed E-state index contributed by atoms with van der Waals surface area (Å²) in [4.78, 5) is 4.33. The average molecular weight is 292 g/mol. The number of hydrogen-bond donors (Lipinski definition) is 0. The molecule has 3 aromatic rings. The lowest BCUT2D eigenvalue weighted by Crippen LogP contribution is -2.13. The van der Waals surface area contributed by atoms with Crippen molar-refractivity contribution < 1.29 is 4.74 Å². The maximum Gasteiger partial charge on any atom is 0.0715 e. The molecule has 0 amide bonds. The smallest absolute Gasteiger partial charge is 0.0715 e. The molecule has 3 nitrogen and oxygen atoms in total. The second-order valence-electron chi connectivity index (χ2n) is 6.07. The van der Waals surface area contributed by atoms with E-state index in [1.54, 1.807) is 0 Å². The summed E-state index contributed by atoms with van der Waals surface area (Å²) in [7, 11) is 0. The van der Waals surface area contributed by atoms with E-state index in [2.05, 4.69) is 53.0 Å². The fourth-order valence-electron chi connectivity index (χ4n) is 3.35. The predicted octanol–water partition coefficient (Wildman–Crippen LogP) is 4.23. The molecule has 112 valence electrons. The van der Waals surface area contributed by atoms with Crippen molar-refractivity contribution in [1.82, 2.24) is 9.55 Å². The van der Waals surface area contributed by atoms with Crippen LogP contribution < -0.4 is 0 Å². The van der Waals surface area contributed by atoms with Crippen molar-refractivity contribution in [2.45, 2.75) is 25.7 Å². The van der Waals surface area contributed by atoms with Crippen molar-refractivity contribution in [3.63, 3.8) is 0 Å². The van der Waals surface area contributed by atoms with Crippen molar-refractivity contribution >= 4 is 10.9 Å². The first kappa shape index (κ1) is 13.5. The van der Waals surface area contributed by atoms with Gasteiger partial charge in [-0.15, -0.1) is 0 Å². The molecule has 1 fully saturated rings. The second kappa shape index (κ2) is 5.58. The van der Waals surface area contributed by atoms with Gasteiger partial charge in [-0.1, -0.05) is 17.7 Å². The highest BCUT2D eigenvalue weighted by molar-refractivity contribution is 5.85. The van der Waals surface area contributed by atoms with Crippen LogP contribution in [0.5, 0.6) is 0 Å². The molecule has 0 N–H and O–H groups in total. The fraction of sp³-hybridized carbons (Fsp3) is 0.316. The summed E-state index contributed by atoms with van der Waals surface area (Å²) in [5.74, 6) is 0.588.